The molecule has 0 amide bonds. The number of esters is 1. The Bertz CT molecular complexity index is 188. The van der Waals surface area contributed by atoms with E-state index in [0.29, 0.717) is 0 Å². The smallest absolute Gasteiger partial charge is 0.330 e. The number of carbonyl (C=O) groups excluding carboxylic acids is 1. The summed E-state index contributed by atoms with van der Waals surface area (Å²) in [5, 5.41) is 0. The maximum absolute atomic E-state index is 11.0. The molecule has 0 bridgehead atoms. The molecule has 0 saturated heterocycles. The Balaban J connectivity index is 4.00. The van der Waals surface area contributed by atoms with Crippen molar-refractivity contribution in [3.8, 4) is 0 Å². The molecule has 0 saturated carbocycles. The standard InChI is InChI=1S/C7H20N2O2Si3/c1-3-6(11-7(10)4-2)5-14(8-12)9-13/h4,6,8-9,14H,2-3,5H2,1,12-13H3. The van der Waals surface area contributed by atoms with Gasteiger partial charge in [-0.2, -0.15) is 0 Å². The molecule has 0 aliphatic rings. The third-order valence-corrected chi connectivity index (χ3v) is 8.67. The fourth-order valence-electron chi connectivity index (χ4n) is 1.15. The summed E-state index contributed by atoms with van der Waals surface area (Å²) in [5.74, 6) is -0.314. The third kappa shape index (κ3) is 5.50. The minimum Gasteiger partial charge on any atom is -0.459 e. The maximum Gasteiger partial charge on any atom is 0.330 e. The van der Waals surface area contributed by atoms with Gasteiger partial charge in [-0.1, -0.05) is 13.5 Å². The van der Waals surface area contributed by atoms with Crippen molar-refractivity contribution in [3.05, 3.63) is 12.7 Å². The topological polar surface area (TPSA) is 50.4 Å². The summed E-state index contributed by atoms with van der Waals surface area (Å²) in [6.45, 7) is 5.42. The van der Waals surface area contributed by atoms with Gasteiger partial charge in [-0.25, -0.2) is 4.79 Å². The molecule has 0 fully saturated rings. The number of rotatable bonds is 7. The number of hydrogen-bond donors (Lipinski definition) is 2. The highest BCUT2D eigenvalue weighted by atomic mass is 28.3. The van der Waals surface area contributed by atoms with E-state index in [1.165, 1.54) is 6.08 Å². The monoisotopic (exact) mass is 248 g/mol. The summed E-state index contributed by atoms with van der Waals surface area (Å²) in [5.41, 5.74) is 0. The molecule has 0 radical (unpaired) electrons. The molecule has 0 aromatic heterocycles. The number of carbonyl (C=O) groups is 1. The van der Waals surface area contributed by atoms with Crippen LogP contribution in [-0.2, 0) is 9.53 Å². The van der Waals surface area contributed by atoms with E-state index in [-0.39, 0.29) is 12.1 Å². The summed E-state index contributed by atoms with van der Waals surface area (Å²) in [4.78, 5) is 11.0. The fourth-order valence-corrected chi connectivity index (χ4v) is 7.75. The number of ether oxygens (including phenoxy) is 1. The molecule has 82 valence electrons. The zero-order chi connectivity index (χ0) is 11.0. The average Bonchev–Trinajstić information content (AvgIpc) is 2.23. The molecule has 14 heavy (non-hydrogen) atoms. The van der Waals surface area contributed by atoms with Crippen LogP contribution >= 0.6 is 0 Å². The van der Waals surface area contributed by atoms with E-state index in [4.69, 9.17) is 4.74 Å². The van der Waals surface area contributed by atoms with Crippen molar-refractivity contribution in [3.63, 3.8) is 0 Å². The molecular weight excluding hydrogens is 228 g/mol. The van der Waals surface area contributed by atoms with Gasteiger partial charge in [0, 0.05) is 12.1 Å². The van der Waals surface area contributed by atoms with E-state index in [9.17, 15) is 4.79 Å². The highest BCUT2D eigenvalue weighted by Gasteiger charge is 2.16. The molecule has 0 rings (SSSR count). The largest absolute Gasteiger partial charge is 0.459 e. The van der Waals surface area contributed by atoms with E-state index < -0.39 is 9.12 Å². The van der Waals surface area contributed by atoms with E-state index in [0.717, 1.165) is 33.3 Å². The molecule has 0 aliphatic carbocycles. The molecule has 4 nitrogen and oxygen atoms in total. The van der Waals surface area contributed by atoms with Gasteiger partial charge >= 0.3 is 5.97 Å². The Morgan fingerprint density at radius 1 is 1.64 bits per heavy atom. The van der Waals surface area contributed by atoms with Crippen molar-refractivity contribution in [2.75, 3.05) is 0 Å². The van der Waals surface area contributed by atoms with Crippen LogP contribution in [0.3, 0.4) is 0 Å². The molecule has 0 spiro atoms. The first-order chi connectivity index (χ1) is 6.67. The SMILES string of the molecule is C=CC(=O)OC(CC)C[SiH](N[SiH3])N[SiH3]. The minimum atomic E-state index is -1.03. The summed E-state index contributed by atoms with van der Waals surface area (Å²) in [6.07, 6.45) is 2.14. The van der Waals surface area contributed by atoms with Gasteiger partial charge in [-0.05, 0) is 6.42 Å². The van der Waals surface area contributed by atoms with Crippen LogP contribution in [0.5, 0.6) is 0 Å². The molecular formula is C7H20N2O2Si3. The van der Waals surface area contributed by atoms with Crippen LogP contribution < -0.4 is 9.30 Å². The second-order valence-corrected chi connectivity index (χ2v) is 9.23. The molecule has 0 aromatic carbocycles. The molecule has 0 aromatic rings. The lowest BCUT2D eigenvalue weighted by Gasteiger charge is -2.20. The lowest BCUT2D eigenvalue weighted by molar-refractivity contribution is -0.142. The van der Waals surface area contributed by atoms with Crippen molar-refractivity contribution < 1.29 is 9.53 Å². The molecule has 0 heterocycles. The molecule has 7 heteroatoms. The van der Waals surface area contributed by atoms with Crippen molar-refractivity contribution in [2.45, 2.75) is 25.5 Å². The predicted molar refractivity (Wildman–Crippen MR) is 68.5 cm³/mol. The van der Waals surface area contributed by atoms with Crippen molar-refractivity contribution in [1.82, 2.24) is 9.30 Å². The van der Waals surface area contributed by atoms with Gasteiger partial charge in [0.05, 0.1) is 20.8 Å². The highest BCUT2D eigenvalue weighted by Crippen LogP contribution is 2.05. The Labute approximate surface area is 93.3 Å². The number of nitrogens with one attached hydrogen (secondary N) is 2. The first-order valence-corrected chi connectivity index (χ1v) is 8.82. The van der Waals surface area contributed by atoms with Crippen LogP contribution in [0, 0.1) is 0 Å². The second kappa shape index (κ2) is 8.12. The Morgan fingerprint density at radius 3 is 2.57 bits per heavy atom. The third-order valence-electron chi connectivity index (χ3n) is 2.10. The van der Waals surface area contributed by atoms with E-state index in [2.05, 4.69) is 15.9 Å². The quantitative estimate of drug-likeness (QED) is 0.296. The fraction of sp³-hybridized carbons (Fsp3) is 0.571. The molecule has 0 aliphatic heterocycles. The van der Waals surface area contributed by atoms with Crippen LogP contribution in [0.2, 0.25) is 6.04 Å². The summed E-state index contributed by atoms with van der Waals surface area (Å²) in [6, 6.07) is 0.961. The minimum absolute atomic E-state index is 0.0417. The Hall–Kier alpha value is -0.219. The average molecular weight is 249 g/mol. The van der Waals surface area contributed by atoms with Crippen molar-refractivity contribution >= 4 is 35.9 Å². The van der Waals surface area contributed by atoms with Gasteiger partial charge in [-0.15, -0.1) is 0 Å². The van der Waals surface area contributed by atoms with Crippen molar-refractivity contribution in [2.24, 2.45) is 0 Å². The first-order valence-electron chi connectivity index (χ1n) is 4.85. The van der Waals surface area contributed by atoms with Gasteiger partial charge in [0.15, 0.2) is 9.12 Å². The van der Waals surface area contributed by atoms with Crippen molar-refractivity contribution in [1.29, 1.82) is 0 Å². The van der Waals surface area contributed by atoms with Gasteiger partial charge in [0.1, 0.15) is 6.10 Å². The molecule has 1 unspecified atom stereocenters. The zero-order valence-electron chi connectivity index (χ0n) is 9.17. The van der Waals surface area contributed by atoms with Gasteiger partial charge in [-0.3, -0.25) is 0 Å². The molecule has 2 N–H and O–H groups in total. The summed E-state index contributed by atoms with van der Waals surface area (Å²) >= 11 is 0. The van der Waals surface area contributed by atoms with Crippen LogP contribution in [-0.4, -0.2) is 42.0 Å². The Morgan fingerprint density at radius 2 is 2.21 bits per heavy atom. The highest BCUT2D eigenvalue weighted by molar-refractivity contribution is 6.63. The Kier molecular flexibility index (Phi) is 7.99. The van der Waals surface area contributed by atoms with E-state index in [1.807, 2.05) is 6.92 Å². The summed E-state index contributed by atoms with van der Waals surface area (Å²) in [7, 11) is 0.975. The molecule has 1 atom stereocenters. The first kappa shape index (κ1) is 13.8. The van der Waals surface area contributed by atoms with Crippen LogP contribution in [0.4, 0.5) is 0 Å². The van der Waals surface area contributed by atoms with Crippen LogP contribution in [0.15, 0.2) is 12.7 Å². The van der Waals surface area contributed by atoms with Gasteiger partial charge in [0.25, 0.3) is 0 Å². The van der Waals surface area contributed by atoms with E-state index >= 15 is 0 Å². The lowest BCUT2D eigenvalue weighted by atomic mass is 10.3. The normalized spacial score (nSPS) is 14.9. The van der Waals surface area contributed by atoms with E-state index in [1.54, 1.807) is 0 Å². The van der Waals surface area contributed by atoms with Crippen LogP contribution in [0.25, 0.3) is 0 Å². The number of hydrogen-bond acceptors (Lipinski definition) is 4. The van der Waals surface area contributed by atoms with Gasteiger partial charge in [0.2, 0.25) is 0 Å². The zero-order valence-corrected chi connectivity index (χ0v) is 14.3. The second-order valence-electron chi connectivity index (χ2n) is 3.04. The predicted octanol–water partition coefficient (Wildman–Crippen LogP) is -2.55. The van der Waals surface area contributed by atoms with Gasteiger partial charge < -0.3 is 14.0 Å². The summed E-state index contributed by atoms with van der Waals surface area (Å²) < 4.78 is 12.0. The maximum atomic E-state index is 11.0. The van der Waals surface area contributed by atoms with Crippen LogP contribution in [0.1, 0.15) is 13.3 Å². The lowest BCUT2D eigenvalue weighted by Crippen LogP contribution is -2.47.